The van der Waals surface area contributed by atoms with Crippen LogP contribution in [0.15, 0.2) is 66.7 Å². The molecule has 1 heterocycles. The average molecular weight is 513 g/mol. The number of aliphatic hydroxyl groups is 1. The third kappa shape index (κ3) is 9.70. The molecular formula is C25H28N4O8-2. The second-order valence-corrected chi connectivity index (χ2v) is 7.94. The second kappa shape index (κ2) is 15.0. The average Bonchev–Trinajstić information content (AvgIpc) is 2.89. The molecule has 0 bridgehead atoms. The van der Waals surface area contributed by atoms with E-state index in [-0.39, 0.29) is 37.0 Å². The Morgan fingerprint density at radius 2 is 1.49 bits per heavy atom. The number of nitrogens with zero attached hydrogens (tertiary/aromatic N) is 4. The molecule has 2 aromatic carbocycles. The van der Waals surface area contributed by atoms with Gasteiger partial charge >= 0.3 is 0 Å². The van der Waals surface area contributed by atoms with Crippen LogP contribution >= 0.6 is 0 Å². The highest BCUT2D eigenvalue weighted by Crippen LogP contribution is 2.28. The van der Waals surface area contributed by atoms with Gasteiger partial charge in [-0.15, -0.1) is 0 Å². The Balaban J connectivity index is 0.000000521. The topological polar surface area (TPSA) is 170 Å². The van der Waals surface area contributed by atoms with Gasteiger partial charge in [-0.05, 0) is 36.8 Å². The van der Waals surface area contributed by atoms with Crippen LogP contribution in [0.2, 0.25) is 0 Å². The molecule has 0 spiro atoms. The molecule has 1 fully saturated rings. The number of carboxylic acid groups (broad SMARTS) is 2. The first kappa shape index (κ1) is 28.9. The number of carboxylic acids is 2. The van der Waals surface area contributed by atoms with E-state index in [9.17, 15) is 39.8 Å². The molecule has 2 aromatic rings. The van der Waals surface area contributed by atoms with Crippen LogP contribution < -0.4 is 20.0 Å². The van der Waals surface area contributed by atoms with Crippen LogP contribution in [0.3, 0.4) is 0 Å². The number of hydrogen-bond acceptors (Lipinski definition) is 10. The normalized spacial score (nSPS) is 13.5. The largest absolute Gasteiger partial charge is 0.545 e. The summed E-state index contributed by atoms with van der Waals surface area (Å²) in [4.78, 5) is 48.5. The first-order chi connectivity index (χ1) is 17.7. The lowest BCUT2D eigenvalue weighted by Gasteiger charge is -2.36. The minimum Gasteiger partial charge on any atom is -0.545 e. The molecule has 1 N–H and O–H groups in total. The Morgan fingerprint density at radius 1 is 0.919 bits per heavy atom. The zero-order chi connectivity index (χ0) is 27.2. The van der Waals surface area contributed by atoms with Crippen LogP contribution in [0.25, 0.3) is 0 Å². The molecule has 0 saturated carbocycles. The fourth-order valence-corrected chi connectivity index (χ4v) is 3.67. The maximum atomic E-state index is 13.0. The zero-order valence-electron chi connectivity index (χ0n) is 20.1. The van der Waals surface area contributed by atoms with Gasteiger partial charge in [0, 0.05) is 51.1 Å². The van der Waals surface area contributed by atoms with Crippen molar-refractivity contribution in [3.05, 3.63) is 76.9 Å². The number of nitro groups is 1. The fourth-order valence-electron chi connectivity index (χ4n) is 3.67. The lowest BCUT2D eigenvalue weighted by molar-refractivity contribution is -0.384. The van der Waals surface area contributed by atoms with Gasteiger partial charge < -0.3 is 34.7 Å². The van der Waals surface area contributed by atoms with E-state index in [0.717, 1.165) is 26.2 Å². The Kier molecular flexibility index (Phi) is 11.7. The number of anilines is 2. The summed E-state index contributed by atoms with van der Waals surface area (Å²) in [5.74, 6) is -3.29. The van der Waals surface area contributed by atoms with Crippen LogP contribution in [0, 0.1) is 10.1 Å². The summed E-state index contributed by atoms with van der Waals surface area (Å²) in [6.07, 6.45) is 1.13. The number of hydrogen-bond donors (Lipinski definition) is 1. The van der Waals surface area contributed by atoms with E-state index in [2.05, 4.69) is 21.9 Å². The standard InChI is InChI=1S/C21H26N4O4.C4H4O4/c26-16-6-11-24(19-9-4-5-10-20(19)25(28)29)21(27)17-22-12-14-23(15-13-22)18-7-2-1-3-8-18;5-3(6)1-2-4(7)8/h1-5,7-10,26H,6,11-17H2;1-2H,(H,5,6)(H,7,8)/p-2. The van der Waals surface area contributed by atoms with Gasteiger partial charge in [-0.25, -0.2) is 0 Å². The van der Waals surface area contributed by atoms with Crippen molar-refractivity contribution in [3.63, 3.8) is 0 Å². The molecule has 0 aromatic heterocycles. The number of carbonyl (C=O) groups excluding carboxylic acids is 3. The molecule has 198 valence electrons. The van der Waals surface area contributed by atoms with E-state index in [1.807, 2.05) is 18.2 Å². The molecule has 1 amide bonds. The molecule has 3 rings (SSSR count). The minimum atomic E-state index is -1.55. The van der Waals surface area contributed by atoms with Crippen molar-refractivity contribution in [1.82, 2.24) is 4.90 Å². The number of benzene rings is 2. The summed E-state index contributed by atoms with van der Waals surface area (Å²) >= 11 is 0. The minimum absolute atomic E-state index is 0.0832. The number of amides is 1. The third-order valence-corrected chi connectivity index (χ3v) is 5.42. The van der Waals surface area contributed by atoms with Gasteiger partial charge in [-0.2, -0.15) is 0 Å². The molecule has 1 saturated heterocycles. The third-order valence-electron chi connectivity index (χ3n) is 5.42. The smallest absolute Gasteiger partial charge is 0.292 e. The van der Waals surface area contributed by atoms with Crippen molar-refractivity contribution >= 4 is 34.9 Å². The number of aliphatic carboxylic acids is 2. The molecule has 1 aliphatic rings. The van der Waals surface area contributed by atoms with Crippen LogP contribution in [0.1, 0.15) is 6.42 Å². The molecule has 0 radical (unpaired) electrons. The highest BCUT2D eigenvalue weighted by Gasteiger charge is 2.26. The van der Waals surface area contributed by atoms with E-state index in [1.54, 1.807) is 18.2 Å². The zero-order valence-corrected chi connectivity index (χ0v) is 20.1. The Bertz CT molecular complexity index is 1070. The lowest BCUT2D eigenvalue weighted by Crippen LogP contribution is -2.50. The summed E-state index contributed by atoms with van der Waals surface area (Å²) in [7, 11) is 0. The fraction of sp³-hybridized carbons (Fsp3) is 0.320. The van der Waals surface area contributed by atoms with Gasteiger partial charge in [0.15, 0.2) is 0 Å². The van der Waals surface area contributed by atoms with Crippen LogP contribution in [-0.4, -0.2) is 78.7 Å². The van der Waals surface area contributed by atoms with Crippen molar-refractivity contribution in [2.24, 2.45) is 0 Å². The molecule has 0 atom stereocenters. The number of piperazine rings is 1. The Labute approximate surface area is 213 Å². The van der Waals surface area contributed by atoms with Crippen molar-refractivity contribution in [1.29, 1.82) is 0 Å². The van der Waals surface area contributed by atoms with E-state index in [0.29, 0.717) is 18.6 Å². The van der Waals surface area contributed by atoms with E-state index < -0.39 is 16.9 Å². The quantitative estimate of drug-likeness (QED) is 0.241. The van der Waals surface area contributed by atoms with E-state index >= 15 is 0 Å². The molecule has 12 heteroatoms. The monoisotopic (exact) mass is 512 g/mol. The first-order valence-electron chi connectivity index (χ1n) is 11.5. The molecule has 1 aliphatic heterocycles. The summed E-state index contributed by atoms with van der Waals surface area (Å²) in [5.41, 5.74) is 1.34. The van der Waals surface area contributed by atoms with Gasteiger partial charge in [0.25, 0.3) is 5.69 Å². The van der Waals surface area contributed by atoms with Crippen molar-refractivity contribution in [2.75, 3.05) is 55.7 Å². The van der Waals surface area contributed by atoms with E-state index in [4.69, 9.17) is 0 Å². The summed E-state index contributed by atoms with van der Waals surface area (Å²) < 4.78 is 0. The molecule has 0 aliphatic carbocycles. The number of rotatable bonds is 10. The Hall–Kier alpha value is -4.29. The van der Waals surface area contributed by atoms with E-state index in [1.165, 1.54) is 16.7 Å². The number of carbonyl (C=O) groups is 3. The van der Waals surface area contributed by atoms with Crippen LogP contribution in [0.5, 0.6) is 0 Å². The molecule has 0 unspecified atom stereocenters. The highest BCUT2D eigenvalue weighted by atomic mass is 16.6. The van der Waals surface area contributed by atoms with Crippen molar-refractivity contribution < 1.29 is 34.6 Å². The number of para-hydroxylation sites is 3. The van der Waals surface area contributed by atoms with Crippen molar-refractivity contribution in [2.45, 2.75) is 6.42 Å². The number of aliphatic hydroxyl groups excluding tert-OH is 1. The molecule has 37 heavy (non-hydrogen) atoms. The maximum Gasteiger partial charge on any atom is 0.292 e. The van der Waals surface area contributed by atoms with Crippen molar-refractivity contribution in [3.8, 4) is 0 Å². The van der Waals surface area contributed by atoms with Gasteiger partial charge in [0.05, 0.1) is 23.4 Å². The molecule has 12 nitrogen and oxygen atoms in total. The summed E-state index contributed by atoms with van der Waals surface area (Å²) in [6, 6.07) is 16.4. The van der Waals surface area contributed by atoms with Gasteiger partial charge in [-0.1, -0.05) is 30.3 Å². The predicted molar refractivity (Wildman–Crippen MR) is 131 cm³/mol. The summed E-state index contributed by atoms with van der Waals surface area (Å²) in [5, 5.41) is 39.4. The predicted octanol–water partition coefficient (Wildman–Crippen LogP) is -0.825. The van der Waals surface area contributed by atoms with Gasteiger partial charge in [0.2, 0.25) is 5.91 Å². The van der Waals surface area contributed by atoms with Crippen LogP contribution in [-0.2, 0) is 14.4 Å². The van der Waals surface area contributed by atoms with Crippen LogP contribution in [0.4, 0.5) is 17.1 Å². The molecular weight excluding hydrogens is 484 g/mol. The highest BCUT2D eigenvalue weighted by molar-refractivity contribution is 5.97. The second-order valence-electron chi connectivity index (χ2n) is 7.94. The maximum absolute atomic E-state index is 13.0. The van der Waals surface area contributed by atoms with Gasteiger partial charge in [0.1, 0.15) is 5.69 Å². The number of nitro benzene ring substituents is 1. The first-order valence-corrected chi connectivity index (χ1v) is 11.5. The summed E-state index contributed by atoms with van der Waals surface area (Å²) in [6.45, 7) is 3.47. The SMILES string of the molecule is O=C(CN1CCN(c2ccccc2)CC1)N(CCCO)c1ccccc1[N+](=O)[O-].O=C([O-])C=CC(=O)[O-]. The Morgan fingerprint density at radius 3 is 2.03 bits per heavy atom. The lowest BCUT2D eigenvalue weighted by atomic mass is 10.2. The van der Waals surface area contributed by atoms with Gasteiger partial charge in [-0.3, -0.25) is 19.8 Å².